The van der Waals surface area contributed by atoms with Crippen LogP contribution in [0, 0.1) is 6.92 Å². The molecular weight excluding hydrogens is 226 g/mol. The average molecular weight is 245 g/mol. The zero-order valence-corrected chi connectivity index (χ0v) is 11.2. The number of nitrogen functional groups attached to an aromatic ring is 1. The maximum absolute atomic E-state index is 9.96. The largest absolute Gasteiger partial charge is 0.508 e. The maximum Gasteiger partial charge on any atom is 0.129 e. The number of aromatic hydroxyl groups is 1. The van der Waals surface area contributed by atoms with Crippen molar-refractivity contribution in [3.8, 4) is 16.9 Å². The molecule has 0 radical (unpaired) electrons. The number of nitrogens with two attached hydrogens (primary N) is 1. The van der Waals surface area contributed by atoms with E-state index in [1.54, 1.807) is 16.9 Å². The van der Waals surface area contributed by atoms with Gasteiger partial charge in [0.05, 0.1) is 6.20 Å². The van der Waals surface area contributed by atoms with Gasteiger partial charge in [-0.05, 0) is 41.7 Å². The molecule has 0 aliphatic rings. The molecule has 0 bridgehead atoms. The quantitative estimate of drug-likeness (QED) is 0.855. The van der Waals surface area contributed by atoms with Crippen LogP contribution in [0.2, 0.25) is 0 Å². The number of aryl methyl sites for hydroxylation is 2. The van der Waals surface area contributed by atoms with Gasteiger partial charge in [-0.15, -0.1) is 0 Å². The van der Waals surface area contributed by atoms with E-state index < -0.39 is 0 Å². The van der Waals surface area contributed by atoms with Crippen molar-refractivity contribution >= 4 is 5.82 Å². The third-order valence-corrected chi connectivity index (χ3v) is 3.27. The molecule has 0 unspecified atom stereocenters. The van der Waals surface area contributed by atoms with Crippen molar-refractivity contribution in [3.63, 3.8) is 0 Å². The molecule has 1 aromatic carbocycles. The fraction of sp³-hybridized carbons (Fsp3) is 0.357. The van der Waals surface area contributed by atoms with E-state index in [0.29, 0.717) is 11.6 Å². The summed E-state index contributed by atoms with van der Waals surface area (Å²) in [5.74, 6) is 1.24. The van der Waals surface area contributed by atoms with Crippen LogP contribution >= 0.6 is 0 Å². The smallest absolute Gasteiger partial charge is 0.129 e. The van der Waals surface area contributed by atoms with Gasteiger partial charge in [-0.1, -0.05) is 13.8 Å². The zero-order chi connectivity index (χ0) is 13.4. The Morgan fingerprint density at radius 1 is 1.28 bits per heavy atom. The molecule has 1 heterocycles. The summed E-state index contributed by atoms with van der Waals surface area (Å²) in [6, 6.07) is 3.79. The Bertz CT molecular complexity index is 585. The first kappa shape index (κ1) is 12.5. The third-order valence-electron chi connectivity index (χ3n) is 3.27. The van der Waals surface area contributed by atoms with Crippen molar-refractivity contribution in [1.82, 2.24) is 9.78 Å². The van der Waals surface area contributed by atoms with Crippen LogP contribution in [-0.2, 0) is 7.05 Å². The standard InChI is InChI=1S/C14H19N3O/c1-8(2)10-6-11(9(3)5-13(10)18)12-7-16-17(4)14(12)15/h5-8,18H,15H2,1-4H3. The zero-order valence-electron chi connectivity index (χ0n) is 11.2. The number of hydrogen-bond acceptors (Lipinski definition) is 3. The first-order valence-corrected chi connectivity index (χ1v) is 6.03. The SMILES string of the molecule is Cc1cc(O)c(C(C)C)cc1-c1cnn(C)c1N. The van der Waals surface area contributed by atoms with Crippen LogP contribution < -0.4 is 5.73 Å². The highest BCUT2D eigenvalue weighted by Gasteiger charge is 2.14. The number of anilines is 1. The number of rotatable bonds is 2. The van der Waals surface area contributed by atoms with Gasteiger partial charge >= 0.3 is 0 Å². The van der Waals surface area contributed by atoms with Gasteiger partial charge in [0.15, 0.2) is 0 Å². The van der Waals surface area contributed by atoms with Crippen LogP contribution in [0.5, 0.6) is 5.75 Å². The topological polar surface area (TPSA) is 64.1 Å². The molecule has 0 fully saturated rings. The molecule has 1 aromatic heterocycles. The van der Waals surface area contributed by atoms with Crippen molar-refractivity contribution in [1.29, 1.82) is 0 Å². The Kier molecular flexibility index (Phi) is 3.03. The molecule has 18 heavy (non-hydrogen) atoms. The Morgan fingerprint density at radius 2 is 1.94 bits per heavy atom. The number of phenols is 1. The van der Waals surface area contributed by atoms with Gasteiger partial charge in [0.1, 0.15) is 11.6 Å². The number of nitrogens with zero attached hydrogens (tertiary/aromatic N) is 2. The Labute approximate surface area is 107 Å². The lowest BCUT2D eigenvalue weighted by atomic mass is 9.94. The van der Waals surface area contributed by atoms with E-state index >= 15 is 0 Å². The minimum absolute atomic E-state index is 0.266. The van der Waals surface area contributed by atoms with Crippen molar-refractivity contribution in [2.24, 2.45) is 7.05 Å². The van der Waals surface area contributed by atoms with Gasteiger partial charge in [-0.25, -0.2) is 0 Å². The summed E-state index contributed by atoms with van der Waals surface area (Å²) < 4.78 is 1.65. The predicted molar refractivity (Wildman–Crippen MR) is 73.5 cm³/mol. The van der Waals surface area contributed by atoms with Crippen LogP contribution in [-0.4, -0.2) is 14.9 Å². The van der Waals surface area contributed by atoms with E-state index in [9.17, 15) is 5.11 Å². The highest BCUT2D eigenvalue weighted by molar-refractivity contribution is 5.77. The Hall–Kier alpha value is -1.97. The first-order valence-electron chi connectivity index (χ1n) is 6.03. The lowest BCUT2D eigenvalue weighted by Crippen LogP contribution is -1.99. The fourth-order valence-electron chi connectivity index (χ4n) is 2.12. The number of hydrogen-bond donors (Lipinski definition) is 2. The molecule has 2 aromatic rings. The molecular formula is C14H19N3O. The van der Waals surface area contributed by atoms with Crippen LogP contribution in [0.1, 0.15) is 30.9 Å². The molecule has 0 atom stereocenters. The maximum atomic E-state index is 9.96. The minimum atomic E-state index is 0.266. The summed E-state index contributed by atoms with van der Waals surface area (Å²) in [4.78, 5) is 0. The minimum Gasteiger partial charge on any atom is -0.508 e. The van der Waals surface area contributed by atoms with Gasteiger partial charge in [0.25, 0.3) is 0 Å². The molecule has 0 spiro atoms. The molecule has 0 saturated carbocycles. The van der Waals surface area contributed by atoms with Gasteiger partial charge in [-0.3, -0.25) is 4.68 Å². The fourth-order valence-corrected chi connectivity index (χ4v) is 2.12. The van der Waals surface area contributed by atoms with Crippen molar-refractivity contribution in [2.75, 3.05) is 5.73 Å². The predicted octanol–water partition coefficient (Wildman–Crippen LogP) is 2.81. The Balaban J connectivity index is 2.64. The van der Waals surface area contributed by atoms with E-state index in [2.05, 4.69) is 18.9 Å². The summed E-state index contributed by atoms with van der Waals surface area (Å²) >= 11 is 0. The summed E-state index contributed by atoms with van der Waals surface area (Å²) in [5, 5.41) is 14.1. The van der Waals surface area contributed by atoms with Gasteiger partial charge in [0.2, 0.25) is 0 Å². The molecule has 0 amide bonds. The lowest BCUT2D eigenvalue weighted by molar-refractivity contribution is 0.464. The molecule has 4 heteroatoms. The molecule has 0 aliphatic carbocycles. The van der Waals surface area contributed by atoms with Crippen molar-refractivity contribution in [2.45, 2.75) is 26.7 Å². The number of phenolic OH excluding ortho intramolecular Hbond substituents is 1. The number of benzene rings is 1. The highest BCUT2D eigenvalue weighted by atomic mass is 16.3. The van der Waals surface area contributed by atoms with E-state index in [1.165, 1.54) is 0 Å². The second kappa shape index (κ2) is 4.37. The van der Waals surface area contributed by atoms with E-state index in [0.717, 1.165) is 22.3 Å². The molecule has 96 valence electrons. The molecule has 3 N–H and O–H groups in total. The summed E-state index contributed by atoms with van der Waals surface area (Å²) in [5.41, 5.74) is 9.88. The lowest BCUT2D eigenvalue weighted by Gasteiger charge is -2.13. The van der Waals surface area contributed by atoms with E-state index in [-0.39, 0.29) is 5.92 Å². The van der Waals surface area contributed by atoms with Gasteiger partial charge < -0.3 is 10.8 Å². The monoisotopic (exact) mass is 245 g/mol. The van der Waals surface area contributed by atoms with Crippen LogP contribution in [0.25, 0.3) is 11.1 Å². The second-order valence-corrected chi connectivity index (χ2v) is 4.95. The molecule has 2 rings (SSSR count). The highest BCUT2D eigenvalue weighted by Crippen LogP contribution is 2.35. The summed E-state index contributed by atoms with van der Waals surface area (Å²) in [6.07, 6.45) is 1.76. The van der Waals surface area contributed by atoms with Crippen LogP contribution in [0.3, 0.4) is 0 Å². The summed E-state index contributed by atoms with van der Waals surface area (Å²) in [7, 11) is 1.82. The van der Waals surface area contributed by atoms with Crippen LogP contribution in [0.4, 0.5) is 5.82 Å². The molecule has 0 aliphatic heterocycles. The molecule has 4 nitrogen and oxygen atoms in total. The third kappa shape index (κ3) is 1.94. The normalized spacial score (nSPS) is 11.2. The van der Waals surface area contributed by atoms with Crippen molar-refractivity contribution in [3.05, 3.63) is 29.5 Å². The Morgan fingerprint density at radius 3 is 2.44 bits per heavy atom. The first-order chi connectivity index (χ1) is 8.41. The summed E-state index contributed by atoms with van der Waals surface area (Å²) in [6.45, 7) is 6.08. The molecule has 0 saturated heterocycles. The van der Waals surface area contributed by atoms with Crippen LogP contribution in [0.15, 0.2) is 18.3 Å². The average Bonchev–Trinajstić information content (AvgIpc) is 2.60. The second-order valence-electron chi connectivity index (χ2n) is 4.95. The van der Waals surface area contributed by atoms with E-state index in [1.807, 2.05) is 20.0 Å². The van der Waals surface area contributed by atoms with Gasteiger partial charge in [0, 0.05) is 12.6 Å². The number of aromatic nitrogens is 2. The van der Waals surface area contributed by atoms with Crippen molar-refractivity contribution < 1.29 is 5.11 Å². The van der Waals surface area contributed by atoms with Gasteiger partial charge in [-0.2, -0.15) is 5.10 Å². The van der Waals surface area contributed by atoms with E-state index in [4.69, 9.17) is 5.73 Å².